The van der Waals surface area contributed by atoms with E-state index >= 15 is 0 Å². The molecule has 3 heteroatoms. The molecule has 0 aliphatic carbocycles. The molecule has 1 aromatic carbocycles. The summed E-state index contributed by atoms with van der Waals surface area (Å²) < 4.78 is 5.19. The second-order valence-electron chi connectivity index (χ2n) is 4.54. The average molecular weight is 219 g/mol. The summed E-state index contributed by atoms with van der Waals surface area (Å²) in [5, 5.41) is 3.26. The van der Waals surface area contributed by atoms with Gasteiger partial charge >= 0.3 is 5.97 Å². The smallest absolute Gasteiger partial charge is 0.338 e. The Labute approximate surface area is 95.8 Å². The highest BCUT2D eigenvalue weighted by Gasteiger charge is 2.14. The van der Waals surface area contributed by atoms with Gasteiger partial charge in [-0.25, -0.2) is 4.79 Å². The number of esters is 1. The maximum absolute atomic E-state index is 11.7. The molecule has 0 unspecified atom stereocenters. The Hall–Kier alpha value is -1.51. The van der Waals surface area contributed by atoms with E-state index in [4.69, 9.17) is 4.74 Å². The van der Waals surface area contributed by atoms with Crippen LogP contribution in [0.25, 0.3) is 0 Å². The number of rotatable bonds is 3. The summed E-state index contributed by atoms with van der Waals surface area (Å²) in [5.74, 6) is 0.156. The largest absolute Gasteiger partial charge is 0.462 e. The second-order valence-corrected chi connectivity index (χ2v) is 4.54. The van der Waals surface area contributed by atoms with Crippen LogP contribution in [0.15, 0.2) is 18.2 Å². The van der Waals surface area contributed by atoms with Crippen LogP contribution < -0.4 is 5.32 Å². The van der Waals surface area contributed by atoms with Gasteiger partial charge in [-0.2, -0.15) is 0 Å². The van der Waals surface area contributed by atoms with Crippen molar-refractivity contribution in [1.82, 2.24) is 0 Å². The highest BCUT2D eigenvalue weighted by atomic mass is 16.5. The predicted octanol–water partition coefficient (Wildman–Crippen LogP) is 2.47. The Kier molecular flexibility index (Phi) is 3.13. The number of hydrogen-bond acceptors (Lipinski definition) is 3. The zero-order valence-electron chi connectivity index (χ0n) is 9.75. The van der Waals surface area contributed by atoms with E-state index in [0.29, 0.717) is 18.1 Å². The monoisotopic (exact) mass is 219 g/mol. The van der Waals surface area contributed by atoms with Gasteiger partial charge in [-0.3, -0.25) is 0 Å². The number of carbonyl (C=O) groups excluding carboxylic acids is 1. The van der Waals surface area contributed by atoms with Crippen molar-refractivity contribution in [3.63, 3.8) is 0 Å². The van der Waals surface area contributed by atoms with Crippen LogP contribution in [0.4, 0.5) is 5.69 Å². The Balaban J connectivity index is 2.06. The number of hydrogen-bond donors (Lipinski definition) is 1. The van der Waals surface area contributed by atoms with Crippen molar-refractivity contribution in [2.45, 2.75) is 20.3 Å². The van der Waals surface area contributed by atoms with E-state index in [-0.39, 0.29) is 5.97 Å². The van der Waals surface area contributed by atoms with Gasteiger partial charge in [0.25, 0.3) is 0 Å². The minimum Gasteiger partial charge on any atom is -0.462 e. The van der Waals surface area contributed by atoms with Gasteiger partial charge in [-0.1, -0.05) is 13.8 Å². The minimum absolute atomic E-state index is 0.219. The molecule has 0 aromatic heterocycles. The molecule has 1 aromatic rings. The van der Waals surface area contributed by atoms with Crippen LogP contribution in [0.1, 0.15) is 29.8 Å². The van der Waals surface area contributed by atoms with Crippen molar-refractivity contribution < 1.29 is 9.53 Å². The molecule has 0 saturated heterocycles. The van der Waals surface area contributed by atoms with Gasteiger partial charge in [-0.15, -0.1) is 0 Å². The molecular formula is C13H17NO2. The van der Waals surface area contributed by atoms with Crippen molar-refractivity contribution in [3.05, 3.63) is 29.3 Å². The summed E-state index contributed by atoms with van der Waals surface area (Å²) >= 11 is 0. The molecule has 1 aliphatic heterocycles. The number of carbonyl (C=O) groups is 1. The third-order valence-corrected chi connectivity index (χ3v) is 2.60. The van der Waals surface area contributed by atoms with Crippen LogP contribution in [0, 0.1) is 5.92 Å². The molecular weight excluding hydrogens is 202 g/mol. The Morgan fingerprint density at radius 3 is 3.06 bits per heavy atom. The predicted molar refractivity (Wildman–Crippen MR) is 63.8 cm³/mol. The number of nitrogens with one attached hydrogen (secondary N) is 1. The first-order valence-electron chi connectivity index (χ1n) is 5.71. The molecule has 0 radical (unpaired) electrons. The summed E-state index contributed by atoms with van der Waals surface area (Å²) in [6.45, 7) is 5.49. The first-order valence-corrected chi connectivity index (χ1v) is 5.71. The molecule has 1 aliphatic rings. The van der Waals surface area contributed by atoms with Gasteiger partial charge in [0, 0.05) is 12.2 Å². The molecule has 86 valence electrons. The fourth-order valence-electron chi connectivity index (χ4n) is 1.76. The van der Waals surface area contributed by atoms with Gasteiger partial charge in [0.15, 0.2) is 0 Å². The van der Waals surface area contributed by atoms with Crippen LogP contribution in [-0.4, -0.2) is 19.1 Å². The molecule has 0 atom stereocenters. The third-order valence-electron chi connectivity index (χ3n) is 2.60. The van der Waals surface area contributed by atoms with E-state index in [2.05, 4.69) is 5.32 Å². The first kappa shape index (κ1) is 11.0. The van der Waals surface area contributed by atoms with Gasteiger partial charge in [0.2, 0.25) is 0 Å². The lowest BCUT2D eigenvalue weighted by Gasteiger charge is -2.08. The van der Waals surface area contributed by atoms with E-state index in [0.717, 1.165) is 18.7 Å². The zero-order valence-corrected chi connectivity index (χ0v) is 9.75. The highest BCUT2D eigenvalue weighted by molar-refractivity contribution is 5.90. The molecule has 0 spiro atoms. The van der Waals surface area contributed by atoms with E-state index in [1.807, 2.05) is 32.0 Å². The molecule has 0 saturated carbocycles. The standard InChI is InChI=1S/C13H17NO2/c1-9(2)8-16-13(15)11-3-4-12-10(7-11)5-6-14-12/h3-4,7,9,14H,5-6,8H2,1-2H3. The lowest BCUT2D eigenvalue weighted by atomic mass is 10.1. The van der Waals surface area contributed by atoms with E-state index < -0.39 is 0 Å². The number of fused-ring (bicyclic) bond motifs is 1. The van der Waals surface area contributed by atoms with Crippen LogP contribution in [-0.2, 0) is 11.2 Å². The third kappa shape index (κ3) is 2.35. The Morgan fingerprint density at radius 2 is 2.31 bits per heavy atom. The number of ether oxygens (including phenoxy) is 1. The van der Waals surface area contributed by atoms with Gasteiger partial charge in [0.1, 0.15) is 0 Å². The molecule has 16 heavy (non-hydrogen) atoms. The molecule has 3 nitrogen and oxygen atoms in total. The van der Waals surface area contributed by atoms with Crippen molar-refractivity contribution in [2.24, 2.45) is 5.92 Å². The van der Waals surface area contributed by atoms with Crippen molar-refractivity contribution in [1.29, 1.82) is 0 Å². The van der Waals surface area contributed by atoms with Gasteiger partial charge < -0.3 is 10.1 Å². The summed E-state index contributed by atoms with van der Waals surface area (Å²) in [5.41, 5.74) is 3.00. The fraction of sp³-hybridized carbons (Fsp3) is 0.462. The van der Waals surface area contributed by atoms with Crippen molar-refractivity contribution >= 4 is 11.7 Å². The summed E-state index contributed by atoms with van der Waals surface area (Å²) in [6.07, 6.45) is 0.987. The molecule has 2 rings (SSSR count). The Morgan fingerprint density at radius 1 is 1.50 bits per heavy atom. The van der Waals surface area contributed by atoms with Crippen molar-refractivity contribution in [2.75, 3.05) is 18.5 Å². The van der Waals surface area contributed by atoms with Crippen LogP contribution >= 0.6 is 0 Å². The zero-order chi connectivity index (χ0) is 11.5. The highest BCUT2D eigenvalue weighted by Crippen LogP contribution is 2.23. The number of benzene rings is 1. The summed E-state index contributed by atoms with van der Waals surface area (Å²) in [7, 11) is 0. The Bertz CT molecular complexity index is 399. The molecule has 0 bridgehead atoms. The maximum Gasteiger partial charge on any atom is 0.338 e. The van der Waals surface area contributed by atoms with Gasteiger partial charge in [-0.05, 0) is 36.1 Å². The normalized spacial score (nSPS) is 13.4. The molecule has 0 fully saturated rings. The first-order chi connectivity index (χ1) is 7.66. The quantitative estimate of drug-likeness (QED) is 0.794. The number of anilines is 1. The molecule has 1 N–H and O–H groups in total. The van der Waals surface area contributed by atoms with Crippen LogP contribution in [0.2, 0.25) is 0 Å². The van der Waals surface area contributed by atoms with E-state index in [1.54, 1.807) is 0 Å². The lowest BCUT2D eigenvalue weighted by Crippen LogP contribution is -2.10. The van der Waals surface area contributed by atoms with E-state index in [9.17, 15) is 4.79 Å². The topological polar surface area (TPSA) is 38.3 Å². The summed E-state index contributed by atoms with van der Waals surface area (Å²) in [4.78, 5) is 11.7. The molecule has 0 amide bonds. The van der Waals surface area contributed by atoms with Crippen molar-refractivity contribution in [3.8, 4) is 0 Å². The molecule has 1 heterocycles. The lowest BCUT2D eigenvalue weighted by molar-refractivity contribution is 0.0459. The van der Waals surface area contributed by atoms with Crippen LogP contribution in [0.5, 0.6) is 0 Å². The fourth-order valence-corrected chi connectivity index (χ4v) is 1.76. The second kappa shape index (κ2) is 4.56. The maximum atomic E-state index is 11.7. The van der Waals surface area contributed by atoms with Crippen LogP contribution in [0.3, 0.4) is 0 Å². The minimum atomic E-state index is -0.219. The average Bonchev–Trinajstić information content (AvgIpc) is 2.72. The summed E-state index contributed by atoms with van der Waals surface area (Å²) in [6, 6.07) is 5.70. The SMILES string of the molecule is CC(C)COC(=O)c1ccc2c(c1)CCN2. The van der Waals surface area contributed by atoms with Gasteiger partial charge in [0.05, 0.1) is 12.2 Å². The van der Waals surface area contributed by atoms with E-state index in [1.165, 1.54) is 5.56 Å².